The van der Waals surface area contributed by atoms with Crippen LogP contribution in [0.5, 0.6) is 0 Å². The van der Waals surface area contributed by atoms with Gasteiger partial charge in [-0.2, -0.15) is 0 Å². The maximum atomic E-state index is 14.1. The standard InChI is InChI=1S/C29H31Cl4N3O4S/c1-18-9-12-21(13-10-18)41(39,40)36(26-15-20(30)11-14-25(26)33)17-27(37)35(19(2)28(38)34-29(3,4)5)16-22-23(31)7-6-8-24(22)32/h6-15,19H,16-17H2,1-5H3,(H,34,38)/t19-/m0/s1. The van der Waals surface area contributed by atoms with E-state index in [4.69, 9.17) is 46.4 Å². The third-order valence-corrected chi connectivity index (χ3v) is 9.16. The number of sulfonamides is 1. The fourth-order valence-corrected chi connectivity index (χ4v) is 6.32. The summed E-state index contributed by atoms with van der Waals surface area (Å²) in [6.45, 7) is 7.97. The molecule has 2 amide bonds. The second-order valence-electron chi connectivity index (χ2n) is 10.6. The van der Waals surface area contributed by atoms with Crippen molar-refractivity contribution in [2.24, 2.45) is 0 Å². The molecule has 0 heterocycles. The number of aryl methyl sites for hydroxylation is 1. The molecule has 0 aliphatic heterocycles. The molecule has 3 rings (SSSR count). The van der Waals surface area contributed by atoms with Gasteiger partial charge < -0.3 is 10.2 Å². The zero-order valence-corrected chi connectivity index (χ0v) is 27.1. The molecule has 41 heavy (non-hydrogen) atoms. The normalized spacial score (nSPS) is 12.5. The SMILES string of the molecule is Cc1ccc(S(=O)(=O)N(CC(=O)N(Cc2c(Cl)cccc2Cl)[C@@H](C)C(=O)NC(C)(C)C)c2cc(Cl)ccc2Cl)cc1. The van der Waals surface area contributed by atoms with Gasteiger partial charge in [-0.05, 0) is 77.1 Å². The summed E-state index contributed by atoms with van der Waals surface area (Å²) < 4.78 is 28.8. The third kappa shape index (κ3) is 8.30. The van der Waals surface area contributed by atoms with Crippen LogP contribution < -0.4 is 9.62 Å². The van der Waals surface area contributed by atoms with Crippen molar-refractivity contribution >= 4 is 73.9 Å². The lowest BCUT2D eigenvalue weighted by atomic mass is 10.1. The summed E-state index contributed by atoms with van der Waals surface area (Å²) in [6, 6.07) is 14.4. The van der Waals surface area contributed by atoms with Crippen LogP contribution in [0.4, 0.5) is 5.69 Å². The molecule has 3 aromatic carbocycles. The molecule has 3 aromatic rings. The highest BCUT2D eigenvalue weighted by Crippen LogP contribution is 2.34. The highest BCUT2D eigenvalue weighted by atomic mass is 35.5. The molecule has 0 fully saturated rings. The molecule has 7 nitrogen and oxygen atoms in total. The van der Waals surface area contributed by atoms with Gasteiger partial charge in [0.25, 0.3) is 10.0 Å². The van der Waals surface area contributed by atoms with Gasteiger partial charge in [-0.25, -0.2) is 8.42 Å². The number of hydrogen-bond donors (Lipinski definition) is 1. The smallest absolute Gasteiger partial charge is 0.264 e. The number of anilines is 1. The minimum Gasteiger partial charge on any atom is -0.350 e. The highest BCUT2D eigenvalue weighted by Gasteiger charge is 2.34. The Morgan fingerprint density at radius 3 is 2.05 bits per heavy atom. The van der Waals surface area contributed by atoms with E-state index >= 15 is 0 Å². The molecule has 0 radical (unpaired) electrons. The predicted octanol–water partition coefficient (Wildman–Crippen LogP) is 7.14. The number of nitrogens with zero attached hydrogens (tertiary/aromatic N) is 2. The Morgan fingerprint density at radius 1 is 0.902 bits per heavy atom. The maximum Gasteiger partial charge on any atom is 0.264 e. The lowest BCUT2D eigenvalue weighted by Crippen LogP contribution is -2.54. The van der Waals surface area contributed by atoms with Crippen molar-refractivity contribution in [1.29, 1.82) is 0 Å². The quantitative estimate of drug-likeness (QED) is 0.265. The first-order chi connectivity index (χ1) is 19.0. The van der Waals surface area contributed by atoms with Gasteiger partial charge in [0.2, 0.25) is 11.8 Å². The number of nitrogens with one attached hydrogen (secondary N) is 1. The summed E-state index contributed by atoms with van der Waals surface area (Å²) in [6.07, 6.45) is 0. The van der Waals surface area contributed by atoms with Gasteiger partial charge in [-0.15, -0.1) is 0 Å². The van der Waals surface area contributed by atoms with Crippen LogP contribution >= 0.6 is 46.4 Å². The van der Waals surface area contributed by atoms with Crippen molar-refractivity contribution in [2.75, 3.05) is 10.8 Å². The van der Waals surface area contributed by atoms with Crippen LogP contribution in [0.2, 0.25) is 20.1 Å². The van der Waals surface area contributed by atoms with Crippen LogP contribution in [-0.4, -0.2) is 43.3 Å². The first kappa shape index (κ1) is 33.0. The summed E-state index contributed by atoms with van der Waals surface area (Å²) in [5, 5.41) is 3.74. The molecule has 220 valence electrons. The molecule has 1 atom stereocenters. The lowest BCUT2D eigenvalue weighted by Gasteiger charge is -2.34. The monoisotopic (exact) mass is 657 g/mol. The average Bonchev–Trinajstić information content (AvgIpc) is 2.87. The van der Waals surface area contributed by atoms with E-state index in [1.165, 1.54) is 35.2 Å². The molecule has 0 saturated carbocycles. The Morgan fingerprint density at radius 2 is 1.49 bits per heavy atom. The number of halogens is 4. The molecule has 1 N–H and O–H groups in total. The minimum atomic E-state index is -4.31. The zero-order valence-electron chi connectivity index (χ0n) is 23.2. The number of rotatable bonds is 9. The summed E-state index contributed by atoms with van der Waals surface area (Å²) in [7, 11) is -4.31. The molecule has 0 bridgehead atoms. The zero-order chi connectivity index (χ0) is 30.7. The van der Waals surface area contributed by atoms with E-state index in [0.29, 0.717) is 15.6 Å². The number of carbonyl (C=O) groups is 2. The van der Waals surface area contributed by atoms with E-state index in [1.54, 1.807) is 37.3 Å². The van der Waals surface area contributed by atoms with Crippen LogP contribution in [-0.2, 0) is 26.2 Å². The minimum absolute atomic E-state index is 0.00983. The number of benzene rings is 3. The second-order valence-corrected chi connectivity index (χ2v) is 14.1. The number of hydrogen-bond acceptors (Lipinski definition) is 4. The summed E-state index contributed by atoms with van der Waals surface area (Å²) in [5.41, 5.74) is 0.690. The van der Waals surface area contributed by atoms with Crippen molar-refractivity contribution in [3.8, 4) is 0 Å². The fraction of sp³-hybridized carbons (Fsp3) is 0.310. The van der Waals surface area contributed by atoms with Gasteiger partial charge in [0, 0.05) is 32.7 Å². The Kier molecular flexibility index (Phi) is 10.6. The van der Waals surface area contributed by atoms with Crippen LogP contribution in [0.3, 0.4) is 0 Å². The number of amides is 2. The van der Waals surface area contributed by atoms with Gasteiger partial charge in [0.15, 0.2) is 0 Å². The molecule has 0 unspecified atom stereocenters. The van der Waals surface area contributed by atoms with Crippen LogP contribution in [0.15, 0.2) is 65.6 Å². The Labute approximate surface area is 261 Å². The van der Waals surface area contributed by atoms with Gasteiger partial charge in [-0.1, -0.05) is 70.2 Å². The predicted molar refractivity (Wildman–Crippen MR) is 167 cm³/mol. The van der Waals surface area contributed by atoms with Gasteiger partial charge in [0.05, 0.1) is 15.6 Å². The van der Waals surface area contributed by atoms with Crippen LogP contribution in [0.1, 0.15) is 38.8 Å². The Bertz CT molecular complexity index is 1520. The van der Waals surface area contributed by atoms with Crippen molar-refractivity contribution in [3.63, 3.8) is 0 Å². The average molecular weight is 659 g/mol. The van der Waals surface area contributed by atoms with E-state index in [2.05, 4.69) is 5.32 Å². The molecule has 0 aliphatic rings. The Hall–Kier alpha value is -2.49. The summed E-state index contributed by atoms with van der Waals surface area (Å²) >= 11 is 25.5. The van der Waals surface area contributed by atoms with E-state index in [9.17, 15) is 18.0 Å². The van der Waals surface area contributed by atoms with Crippen molar-refractivity contribution in [3.05, 3.63) is 91.9 Å². The van der Waals surface area contributed by atoms with Gasteiger partial charge in [0.1, 0.15) is 12.6 Å². The third-order valence-electron chi connectivity index (χ3n) is 6.12. The second kappa shape index (κ2) is 13.2. The highest BCUT2D eigenvalue weighted by molar-refractivity contribution is 7.92. The lowest BCUT2D eigenvalue weighted by molar-refractivity contribution is -0.140. The largest absolute Gasteiger partial charge is 0.350 e. The Balaban J connectivity index is 2.12. The fourth-order valence-electron chi connectivity index (χ4n) is 3.94. The molecular weight excluding hydrogens is 628 g/mol. The number of carbonyl (C=O) groups excluding carboxylic acids is 2. The molecule has 12 heteroatoms. The van der Waals surface area contributed by atoms with Crippen molar-refractivity contribution < 1.29 is 18.0 Å². The van der Waals surface area contributed by atoms with E-state index in [0.717, 1.165) is 9.87 Å². The first-order valence-corrected chi connectivity index (χ1v) is 15.6. The van der Waals surface area contributed by atoms with E-state index in [-0.39, 0.29) is 27.2 Å². The molecule has 0 aromatic heterocycles. The maximum absolute atomic E-state index is 14.1. The van der Waals surface area contributed by atoms with Gasteiger partial charge >= 0.3 is 0 Å². The summed E-state index contributed by atoms with van der Waals surface area (Å²) in [4.78, 5) is 28.5. The molecular formula is C29H31Cl4N3O4S. The van der Waals surface area contributed by atoms with Crippen molar-refractivity contribution in [1.82, 2.24) is 10.2 Å². The topological polar surface area (TPSA) is 86.8 Å². The van der Waals surface area contributed by atoms with Gasteiger partial charge in [-0.3, -0.25) is 13.9 Å². The molecule has 0 aliphatic carbocycles. The first-order valence-electron chi connectivity index (χ1n) is 12.6. The van der Waals surface area contributed by atoms with E-state index < -0.39 is 40.0 Å². The molecule has 0 spiro atoms. The van der Waals surface area contributed by atoms with Crippen molar-refractivity contribution in [2.45, 2.75) is 57.6 Å². The van der Waals surface area contributed by atoms with E-state index in [1.807, 2.05) is 27.7 Å². The van der Waals surface area contributed by atoms with Crippen LogP contribution in [0, 0.1) is 6.92 Å². The molecule has 0 saturated heterocycles. The summed E-state index contributed by atoms with van der Waals surface area (Å²) in [5.74, 6) is -1.13. The van der Waals surface area contributed by atoms with Crippen LogP contribution in [0.25, 0.3) is 0 Å².